The van der Waals surface area contributed by atoms with Crippen molar-refractivity contribution in [3.63, 3.8) is 0 Å². The van der Waals surface area contributed by atoms with Crippen molar-refractivity contribution in [2.24, 2.45) is 0 Å². The molecule has 0 saturated heterocycles. The van der Waals surface area contributed by atoms with E-state index in [-0.39, 0.29) is 15.1 Å². The fraction of sp³-hybridized carbons (Fsp3) is 0.118. The zero-order chi connectivity index (χ0) is 18.0. The predicted molar refractivity (Wildman–Crippen MR) is 94.4 cm³/mol. The molecule has 8 heteroatoms. The van der Waals surface area contributed by atoms with Gasteiger partial charge in [-0.1, -0.05) is 36.4 Å². The topological polar surface area (TPSA) is 81.7 Å². The highest BCUT2D eigenvalue weighted by atomic mass is 79.9. The molecule has 1 N–H and O–H groups in total. The molecule has 130 valence electrons. The highest BCUT2D eigenvalue weighted by Crippen LogP contribution is 2.30. The molecule has 1 aliphatic rings. The molecule has 0 radical (unpaired) electrons. The molecule has 1 atom stereocenters. The summed E-state index contributed by atoms with van der Waals surface area (Å²) in [4.78, 5) is 12.1. The van der Waals surface area contributed by atoms with E-state index in [9.17, 15) is 13.2 Å². The van der Waals surface area contributed by atoms with Crippen LogP contribution in [0.15, 0.2) is 69.7 Å². The number of benzene rings is 2. The van der Waals surface area contributed by atoms with Crippen molar-refractivity contribution in [2.45, 2.75) is 18.0 Å². The maximum atomic E-state index is 12.5. The van der Waals surface area contributed by atoms with Gasteiger partial charge in [0, 0.05) is 0 Å². The van der Waals surface area contributed by atoms with Gasteiger partial charge < -0.3 is 9.47 Å². The summed E-state index contributed by atoms with van der Waals surface area (Å²) in [6.45, 7) is 1.68. The Morgan fingerprint density at radius 2 is 1.72 bits per heavy atom. The van der Waals surface area contributed by atoms with Gasteiger partial charge in [-0.15, -0.1) is 0 Å². The van der Waals surface area contributed by atoms with E-state index in [1.165, 1.54) is 6.07 Å². The molecule has 3 rings (SSSR count). The molecule has 0 aromatic heterocycles. The molecule has 2 aromatic rings. The van der Waals surface area contributed by atoms with E-state index in [1.807, 2.05) is 6.07 Å². The van der Waals surface area contributed by atoms with E-state index < -0.39 is 22.2 Å². The van der Waals surface area contributed by atoms with E-state index >= 15 is 0 Å². The van der Waals surface area contributed by atoms with Gasteiger partial charge in [-0.2, -0.15) is 4.72 Å². The first-order valence-electron chi connectivity index (χ1n) is 7.30. The summed E-state index contributed by atoms with van der Waals surface area (Å²) in [5.74, 6) is -0.411. The van der Waals surface area contributed by atoms with Gasteiger partial charge in [-0.3, -0.25) is 0 Å². The van der Waals surface area contributed by atoms with Gasteiger partial charge in [0.15, 0.2) is 0 Å². The Morgan fingerprint density at radius 3 is 2.40 bits per heavy atom. The lowest BCUT2D eigenvalue weighted by atomic mass is 10.2. The number of aryl methyl sites for hydroxylation is 1. The van der Waals surface area contributed by atoms with Crippen molar-refractivity contribution in [3.05, 3.63) is 70.4 Å². The van der Waals surface area contributed by atoms with E-state index in [1.54, 1.807) is 49.4 Å². The summed E-state index contributed by atoms with van der Waals surface area (Å²) in [6.07, 6.45) is -1.18. The number of sulfonamides is 1. The van der Waals surface area contributed by atoms with Crippen LogP contribution in [0, 0.1) is 6.92 Å². The molecule has 2 aromatic carbocycles. The van der Waals surface area contributed by atoms with Crippen molar-refractivity contribution in [3.8, 4) is 5.75 Å². The largest absolute Gasteiger partial charge is 0.449 e. The van der Waals surface area contributed by atoms with Gasteiger partial charge in [0.05, 0.1) is 4.90 Å². The van der Waals surface area contributed by atoms with Gasteiger partial charge in [0.2, 0.25) is 22.0 Å². The van der Waals surface area contributed by atoms with Gasteiger partial charge >= 0.3 is 5.97 Å². The van der Waals surface area contributed by atoms with Gasteiger partial charge in [0.25, 0.3) is 0 Å². The molecular formula is C17H14BrNO5S. The monoisotopic (exact) mass is 423 g/mol. The zero-order valence-electron chi connectivity index (χ0n) is 13.1. The van der Waals surface area contributed by atoms with E-state index in [0.717, 1.165) is 0 Å². The molecule has 25 heavy (non-hydrogen) atoms. The lowest BCUT2D eigenvalue weighted by Gasteiger charge is -2.14. The third-order valence-electron chi connectivity index (χ3n) is 3.47. The van der Waals surface area contributed by atoms with Crippen molar-refractivity contribution in [1.29, 1.82) is 0 Å². The maximum absolute atomic E-state index is 12.5. The quantitative estimate of drug-likeness (QED) is 0.747. The Bertz CT molecular complexity index is 941. The van der Waals surface area contributed by atoms with Crippen molar-refractivity contribution in [2.75, 3.05) is 0 Å². The average molecular weight is 424 g/mol. The molecule has 1 aliphatic heterocycles. The van der Waals surface area contributed by atoms with Crippen molar-refractivity contribution < 1.29 is 22.7 Å². The number of ether oxygens (including phenoxy) is 2. The Morgan fingerprint density at radius 1 is 1.08 bits per heavy atom. The number of carbonyl (C=O) groups excluding carboxylic acids is 1. The summed E-state index contributed by atoms with van der Waals surface area (Å²) >= 11 is 3.19. The first kappa shape index (κ1) is 17.7. The minimum Gasteiger partial charge on any atom is -0.449 e. The van der Waals surface area contributed by atoms with Crippen LogP contribution in [-0.4, -0.2) is 20.6 Å². The fourth-order valence-corrected chi connectivity index (χ4v) is 4.19. The number of hydrogen-bond acceptors (Lipinski definition) is 5. The second kappa shape index (κ2) is 6.99. The Labute approximate surface area is 153 Å². The molecule has 0 aliphatic carbocycles. The Hall–Kier alpha value is -2.16. The number of hydrogen-bond donors (Lipinski definition) is 1. The summed E-state index contributed by atoms with van der Waals surface area (Å²) in [5.41, 5.74) is 0.584. The van der Waals surface area contributed by atoms with Gasteiger partial charge in [0.1, 0.15) is 10.2 Å². The molecule has 0 spiro atoms. The normalized spacial score (nSPS) is 17.5. The summed E-state index contributed by atoms with van der Waals surface area (Å²) in [6, 6.07) is 15.2. The first-order chi connectivity index (χ1) is 11.9. The van der Waals surface area contributed by atoms with E-state index in [0.29, 0.717) is 11.3 Å². The number of para-hydroxylation sites is 1. The van der Waals surface area contributed by atoms with E-state index in [2.05, 4.69) is 20.7 Å². The first-order valence-corrected chi connectivity index (χ1v) is 9.57. The van der Waals surface area contributed by atoms with Crippen molar-refractivity contribution in [1.82, 2.24) is 4.72 Å². The van der Waals surface area contributed by atoms with Crippen LogP contribution < -0.4 is 9.46 Å². The lowest BCUT2D eigenvalue weighted by molar-refractivity contribution is -0.141. The van der Waals surface area contributed by atoms with Crippen LogP contribution in [0.4, 0.5) is 0 Å². The number of rotatable bonds is 5. The number of halogens is 1. The third-order valence-corrected chi connectivity index (χ3v) is 5.80. The standard InChI is InChI=1S/C17H14BrNO5S/c1-11-7-5-6-10-13(11)25(21,22)19-16-14(18)15(17(20)24-16)23-12-8-3-2-4-9-12/h2-10,16,19H,1H3/t16-/m1/s1. The van der Waals surface area contributed by atoms with Crippen LogP contribution >= 0.6 is 15.9 Å². The van der Waals surface area contributed by atoms with Crippen LogP contribution in [0.2, 0.25) is 0 Å². The van der Waals surface area contributed by atoms with E-state index in [4.69, 9.17) is 9.47 Å². The molecule has 0 bridgehead atoms. The number of esters is 1. The molecule has 0 amide bonds. The minimum atomic E-state index is -3.87. The summed E-state index contributed by atoms with van der Waals surface area (Å²) < 4.78 is 38.2. The second-order valence-corrected chi connectivity index (χ2v) is 7.80. The number of nitrogens with one attached hydrogen (secondary N) is 1. The smallest absolute Gasteiger partial charge is 0.377 e. The van der Waals surface area contributed by atoms with Crippen molar-refractivity contribution >= 4 is 31.9 Å². The SMILES string of the molecule is Cc1ccccc1S(=O)(=O)N[C@@H]1OC(=O)C(Oc2ccccc2)=C1Br. The molecule has 1 heterocycles. The van der Waals surface area contributed by atoms with Crippen LogP contribution in [-0.2, 0) is 19.6 Å². The molecular weight excluding hydrogens is 410 g/mol. The van der Waals surface area contributed by atoms with Gasteiger partial charge in [-0.25, -0.2) is 13.2 Å². The highest BCUT2D eigenvalue weighted by Gasteiger charge is 2.38. The Kier molecular flexibility index (Phi) is 4.94. The minimum absolute atomic E-state index is 0.0938. The molecule has 6 nitrogen and oxygen atoms in total. The third kappa shape index (κ3) is 3.76. The number of carbonyl (C=O) groups is 1. The molecule has 0 unspecified atom stereocenters. The summed E-state index contributed by atoms with van der Waals surface area (Å²) in [7, 11) is -3.87. The molecule has 0 fully saturated rings. The van der Waals surface area contributed by atoms with Crippen LogP contribution in [0.1, 0.15) is 5.56 Å². The highest BCUT2D eigenvalue weighted by molar-refractivity contribution is 9.11. The fourth-order valence-electron chi connectivity index (χ4n) is 2.26. The van der Waals surface area contributed by atoms with Gasteiger partial charge in [-0.05, 0) is 46.6 Å². The predicted octanol–water partition coefficient (Wildman–Crippen LogP) is 2.84. The maximum Gasteiger partial charge on any atom is 0.377 e. The second-order valence-electron chi connectivity index (χ2n) is 5.26. The van der Waals surface area contributed by atoms with Crippen LogP contribution in [0.3, 0.4) is 0 Å². The zero-order valence-corrected chi connectivity index (χ0v) is 15.5. The molecule has 0 saturated carbocycles. The van der Waals surface area contributed by atoms with Crippen LogP contribution in [0.5, 0.6) is 5.75 Å². The van der Waals surface area contributed by atoms with Crippen LogP contribution in [0.25, 0.3) is 0 Å². The lowest BCUT2D eigenvalue weighted by Crippen LogP contribution is -2.35. The average Bonchev–Trinajstić information content (AvgIpc) is 2.83. The Balaban J connectivity index is 1.84. The summed E-state index contributed by atoms with van der Waals surface area (Å²) in [5, 5.41) is 0. The number of cyclic esters (lactones) is 1.